The van der Waals surface area contributed by atoms with Gasteiger partial charge in [0.1, 0.15) is 5.65 Å². The molecule has 26 heavy (non-hydrogen) atoms. The number of aryl methyl sites for hydroxylation is 1. The number of imidazole rings is 1. The van der Waals surface area contributed by atoms with Gasteiger partial charge in [0.15, 0.2) is 5.69 Å². The minimum absolute atomic E-state index is 0.0115. The third-order valence-corrected chi connectivity index (χ3v) is 5.13. The molecule has 0 bridgehead atoms. The maximum atomic E-state index is 13.2. The van der Waals surface area contributed by atoms with E-state index in [4.69, 9.17) is 14.5 Å². The second kappa shape index (κ2) is 7.73. The van der Waals surface area contributed by atoms with Gasteiger partial charge in [-0.1, -0.05) is 6.07 Å². The summed E-state index contributed by atoms with van der Waals surface area (Å²) in [6, 6.07) is 4.05. The predicted molar refractivity (Wildman–Crippen MR) is 97.4 cm³/mol. The minimum atomic E-state index is 0.0115. The summed E-state index contributed by atoms with van der Waals surface area (Å²) >= 11 is 0. The lowest BCUT2D eigenvalue weighted by Crippen LogP contribution is -2.41. The first-order valence-electron chi connectivity index (χ1n) is 9.38. The van der Waals surface area contributed by atoms with Crippen molar-refractivity contribution in [1.82, 2.24) is 19.2 Å². The number of carbonyl (C=O) groups is 1. The molecule has 0 saturated carbocycles. The topological polar surface area (TPSA) is 59.3 Å². The zero-order valence-electron chi connectivity index (χ0n) is 15.3. The zero-order chi connectivity index (χ0) is 17.9. The van der Waals surface area contributed by atoms with Gasteiger partial charge in [0.05, 0.1) is 25.5 Å². The highest BCUT2D eigenvalue weighted by Gasteiger charge is 2.27. The number of hydrogen-bond donors (Lipinski definition) is 0. The van der Waals surface area contributed by atoms with Crippen LogP contribution < -0.4 is 0 Å². The second-order valence-corrected chi connectivity index (χ2v) is 6.94. The Kier molecular flexibility index (Phi) is 5.19. The van der Waals surface area contributed by atoms with Crippen LogP contribution in [0, 0.1) is 6.92 Å². The van der Waals surface area contributed by atoms with E-state index in [-0.39, 0.29) is 5.91 Å². The molecule has 2 aliphatic rings. The Balaban J connectivity index is 1.70. The number of carbonyl (C=O) groups excluding carboxylic acids is 1. The Morgan fingerprint density at radius 2 is 1.88 bits per heavy atom. The molecular weight excluding hydrogens is 332 g/mol. The van der Waals surface area contributed by atoms with E-state index in [9.17, 15) is 4.79 Å². The van der Waals surface area contributed by atoms with Crippen molar-refractivity contribution in [2.75, 3.05) is 52.6 Å². The average Bonchev–Trinajstić information content (AvgIpc) is 2.85. The lowest BCUT2D eigenvalue weighted by molar-refractivity contribution is 0.0298. The summed E-state index contributed by atoms with van der Waals surface area (Å²) in [5.74, 6) is 0.0115. The van der Waals surface area contributed by atoms with E-state index >= 15 is 0 Å². The van der Waals surface area contributed by atoms with Gasteiger partial charge in [0.2, 0.25) is 0 Å². The number of amides is 1. The molecule has 2 fully saturated rings. The van der Waals surface area contributed by atoms with Gasteiger partial charge in [0, 0.05) is 45.5 Å². The molecule has 2 aromatic rings. The molecule has 0 spiro atoms. The zero-order valence-corrected chi connectivity index (χ0v) is 15.3. The number of hydrogen-bond acceptors (Lipinski definition) is 5. The lowest BCUT2D eigenvalue weighted by atomic mass is 10.2. The maximum Gasteiger partial charge on any atom is 0.274 e. The Morgan fingerprint density at radius 3 is 2.73 bits per heavy atom. The molecule has 0 radical (unpaired) electrons. The number of nitrogens with zero attached hydrogens (tertiary/aromatic N) is 4. The van der Waals surface area contributed by atoms with E-state index in [1.165, 1.54) is 0 Å². The molecule has 0 unspecified atom stereocenters. The van der Waals surface area contributed by atoms with Gasteiger partial charge in [0.25, 0.3) is 5.91 Å². The van der Waals surface area contributed by atoms with Crippen molar-refractivity contribution in [3.8, 4) is 0 Å². The molecular formula is C19H26N4O3. The van der Waals surface area contributed by atoms with Crippen LogP contribution in [0.25, 0.3) is 5.65 Å². The Labute approximate surface area is 153 Å². The van der Waals surface area contributed by atoms with Crippen LogP contribution in [0.4, 0.5) is 0 Å². The quantitative estimate of drug-likeness (QED) is 0.829. The molecule has 0 N–H and O–H groups in total. The summed E-state index contributed by atoms with van der Waals surface area (Å²) in [4.78, 5) is 22.1. The third kappa shape index (κ3) is 3.47. The van der Waals surface area contributed by atoms with Crippen molar-refractivity contribution in [2.45, 2.75) is 19.9 Å². The van der Waals surface area contributed by atoms with Crippen LogP contribution in [0.2, 0.25) is 0 Å². The molecule has 7 heteroatoms. The van der Waals surface area contributed by atoms with Crippen LogP contribution >= 0.6 is 0 Å². The first-order chi connectivity index (χ1) is 12.7. The van der Waals surface area contributed by atoms with Gasteiger partial charge >= 0.3 is 0 Å². The van der Waals surface area contributed by atoms with E-state index < -0.39 is 0 Å². The summed E-state index contributed by atoms with van der Waals surface area (Å²) in [5.41, 5.74) is 3.49. The molecule has 0 aliphatic carbocycles. The molecule has 1 amide bonds. The van der Waals surface area contributed by atoms with Crippen LogP contribution in [0.3, 0.4) is 0 Å². The molecule has 2 aromatic heterocycles. The Hall–Kier alpha value is -1.96. The van der Waals surface area contributed by atoms with E-state index in [0.29, 0.717) is 38.5 Å². The maximum absolute atomic E-state index is 13.2. The van der Waals surface area contributed by atoms with Crippen molar-refractivity contribution < 1.29 is 14.3 Å². The fraction of sp³-hybridized carbons (Fsp3) is 0.579. The second-order valence-electron chi connectivity index (χ2n) is 6.94. The summed E-state index contributed by atoms with van der Waals surface area (Å²) in [7, 11) is 0. The van der Waals surface area contributed by atoms with Crippen molar-refractivity contribution in [2.24, 2.45) is 0 Å². The third-order valence-electron chi connectivity index (χ3n) is 5.13. The highest BCUT2D eigenvalue weighted by atomic mass is 16.5. The molecule has 140 valence electrons. The van der Waals surface area contributed by atoms with Gasteiger partial charge in [-0.25, -0.2) is 4.98 Å². The van der Waals surface area contributed by atoms with Crippen molar-refractivity contribution in [3.63, 3.8) is 0 Å². The fourth-order valence-electron chi connectivity index (χ4n) is 3.66. The molecule has 0 atom stereocenters. The summed E-state index contributed by atoms with van der Waals surface area (Å²) in [5, 5.41) is 0. The summed E-state index contributed by atoms with van der Waals surface area (Å²) in [6.07, 6.45) is 3.03. The molecule has 0 aromatic carbocycles. The van der Waals surface area contributed by atoms with E-state index in [0.717, 1.165) is 49.6 Å². The smallest absolute Gasteiger partial charge is 0.274 e. The highest BCUT2D eigenvalue weighted by molar-refractivity contribution is 5.94. The number of aromatic nitrogens is 2. The number of ether oxygens (including phenoxy) is 2. The first-order valence-corrected chi connectivity index (χ1v) is 9.38. The fourth-order valence-corrected chi connectivity index (χ4v) is 3.66. The highest BCUT2D eigenvalue weighted by Crippen LogP contribution is 2.20. The molecule has 4 rings (SSSR count). The van der Waals surface area contributed by atoms with Gasteiger partial charge in [-0.2, -0.15) is 0 Å². The van der Waals surface area contributed by atoms with Gasteiger partial charge < -0.3 is 18.8 Å². The Morgan fingerprint density at radius 1 is 1.12 bits per heavy atom. The molecule has 4 heterocycles. The van der Waals surface area contributed by atoms with Crippen molar-refractivity contribution in [3.05, 3.63) is 35.3 Å². The van der Waals surface area contributed by atoms with Crippen LogP contribution in [0.1, 0.15) is 28.2 Å². The summed E-state index contributed by atoms with van der Waals surface area (Å²) in [6.45, 7) is 8.59. The van der Waals surface area contributed by atoms with Crippen LogP contribution in [-0.4, -0.2) is 77.7 Å². The lowest BCUT2D eigenvalue weighted by Gasteiger charge is -2.27. The number of pyridine rings is 1. The van der Waals surface area contributed by atoms with Crippen LogP contribution in [0.5, 0.6) is 0 Å². The van der Waals surface area contributed by atoms with Gasteiger partial charge in [-0.15, -0.1) is 0 Å². The van der Waals surface area contributed by atoms with Gasteiger partial charge in [-0.3, -0.25) is 9.69 Å². The molecule has 2 saturated heterocycles. The standard InChI is InChI=1S/C19H26N4O3/c1-15-4-2-6-23-16(14-21-5-3-10-25-11-7-21)17(20-18(15)23)19(24)22-8-12-26-13-9-22/h2,4,6H,3,5,7-14H2,1H3. The number of rotatable bonds is 3. The number of fused-ring (bicyclic) bond motifs is 1. The van der Waals surface area contributed by atoms with E-state index in [2.05, 4.69) is 9.30 Å². The van der Waals surface area contributed by atoms with Crippen LogP contribution in [0.15, 0.2) is 18.3 Å². The monoisotopic (exact) mass is 358 g/mol. The average molecular weight is 358 g/mol. The van der Waals surface area contributed by atoms with E-state index in [1.54, 1.807) is 0 Å². The van der Waals surface area contributed by atoms with Gasteiger partial charge in [-0.05, 0) is 25.0 Å². The molecule has 7 nitrogen and oxygen atoms in total. The molecule has 2 aliphatic heterocycles. The normalized spacial score (nSPS) is 19.7. The predicted octanol–water partition coefficient (Wildman–Crippen LogP) is 1.34. The number of morpholine rings is 1. The van der Waals surface area contributed by atoms with E-state index in [1.807, 2.05) is 30.2 Å². The van der Waals surface area contributed by atoms with Crippen LogP contribution in [-0.2, 0) is 16.0 Å². The SMILES string of the molecule is Cc1cccn2c(CN3CCCOCC3)c(C(=O)N3CCOCC3)nc12. The Bertz CT molecular complexity index is 774. The largest absolute Gasteiger partial charge is 0.380 e. The van der Waals surface area contributed by atoms with Crippen molar-refractivity contribution >= 4 is 11.6 Å². The first kappa shape index (κ1) is 17.5. The summed E-state index contributed by atoms with van der Waals surface area (Å²) < 4.78 is 13.0. The minimum Gasteiger partial charge on any atom is -0.380 e. The van der Waals surface area contributed by atoms with Crippen molar-refractivity contribution in [1.29, 1.82) is 0 Å².